The van der Waals surface area contributed by atoms with Gasteiger partial charge in [-0.1, -0.05) is 0 Å². The molecule has 0 spiro atoms. The molecule has 24 heavy (non-hydrogen) atoms. The largest absolute Gasteiger partial charge is 0.508 e. The summed E-state index contributed by atoms with van der Waals surface area (Å²) in [6, 6.07) is -0.448. The summed E-state index contributed by atoms with van der Waals surface area (Å²) in [5.41, 5.74) is -0.964. The van der Waals surface area contributed by atoms with E-state index >= 15 is 0 Å². The zero-order valence-corrected chi connectivity index (χ0v) is 13.6. The lowest BCUT2D eigenvalue weighted by molar-refractivity contribution is -0.155. The maximum atomic E-state index is 11.4. The summed E-state index contributed by atoms with van der Waals surface area (Å²) >= 11 is 0. The van der Waals surface area contributed by atoms with Gasteiger partial charge in [-0.25, -0.2) is 14.6 Å². The Morgan fingerprint density at radius 3 is 2.79 bits per heavy atom. The van der Waals surface area contributed by atoms with Crippen LogP contribution in [0.2, 0.25) is 0 Å². The molecular weight excluding hydrogens is 322 g/mol. The van der Waals surface area contributed by atoms with Crippen molar-refractivity contribution in [1.82, 2.24) is 0 Å². The number of hydrogen-bond donors (Lipinski definition) is 1. The second-order valence-corrected chi connectivity index (χ2v) is 6.12. The Labute approximate surface area is 138 Å². The van der Waals surface area contributed by atoms with Crippen molar-refractivity contribution in [2.75, 3.05) is 13.7 Å². The number of carbonyl (C=O) groups is 2. The van der Waals surface area contributed by atoms with Gasteiger partial charge in [0.25, 0.3) is 0 Å². The molecule has 0 aromatic heterocycles. The zero-order valence-electron chi connectivity index (χ0n) is 13.6. The third-order valence-corrected chi connectivity index (χ3v) is 4.42. The molecule has 9 nitrogen and oxygen atoms in total. The molecule has 0 aromatic rings. The number of aliphatic carboxylic acids is 1. The standard InChI is InChI=1S/C15H19NO8/c1-7-16-11-9(22-7)4-10(13(17)18)24-12(11)15(2,20-3)5-8-6-21-14(19)23-8/h4,8-9,11-12H,5-6H2,1-3H3,(H,17,18)/t8-,9-,11+,12-,15+/m1/s1. The normalized spacial score (nSPS) is 33.9. The van der Waals surface area contributed by atoms with E-state index in [4.69, 9.17) is 23.7 Å². The number of rotatable bonds is 5. The molecule has 0 saturated carbocycles. The Morgan fingerprint density at radius 2 is 2.21 bits per heavy atom. The lowest BCUT2D eigenvalue weighted by Gasteiger charge is -2.41. The van der Waals surface area contributed by atoms with Crippen LogP contribution in [-0.4, -0.2) is 66.8 Å². The SMILES string of the molecule is CO[C@@](C)(C[C@@H]1COC(=O)O1)[C@@H]1OC(C(=O)O)=C[C@H]2OC(C)=N[C@H]12. The molecule has 0 aliphatic carbocycles. The topological polar surface area (TPSA) is 113 Å². The predicted molar refractivity (Wildman–Crippen MR) is 78.6 cm³/mol. The molecule has 5 atom stereocenters. The van der Waals surface area contributed by atoms with E-state index in [1.54, 1.807) is 13.8 Å². The maximum Gasteiger partial charge on any atom is 0.508 e. The second kappa shape index (κ2) is 5.97. The van der Waals surface area contributed by atoms with Crippen molar-refractivity contribution in [2.45, 2.75) is 50.2 Å². The Hall–Kier alpha value is -2.29. The van der Waals surface area contributed by atoms with Crippen molar-refractivity contribution >= 4 is 18.0 Å². The quantitative estimate of drug-likeness (QED) is 0.733. The smallest absolute Gasteiger partial charge is 0.478 e. The van der Waals surface area contributed by atoms with Crippen LogP contribution in [0.1, 0.15) is 20.3 Å². The van der Waals surface area contributed by atoms with Gasteiger partial charge in [-0.3, -0.25) is 0 Å². The van der Waals surface area contributed by atoms with Gasteiger partial charge >= 0.3 is 12.1 Å². The Morgan fingerprint density at radius 1 is 1.46 bits per heavy atom. The van der Waals surface area contributed by atoms with Gasteiger partial charge in [0.15, 0.2) is 12.0 Å². The highest BCUT2D eigenvalue weighted by molar-refractivity contribution is 5.85. The minimum absolute atomic E-state index is 0.110. The van der Waals surface area contributed by atoms with Gasteiger partial charge in [0.05, 0.1) is 0 Å². The summed E-state index contributed by atoms with van der Waals surface area (Å²) in [7, 11) is 1.49. The van der Waals surface area contributed by atoms with E-state index in [-0.39, 0.29) is 18.8 Å². The Kier molecular flexibility index (Phi) is 4.12. The van der Waals surface area contributed by atoms with E-state index in [9.17, 15) is 14.7 Å². The highest BCUT2D eigenvalue weighted by atomic mass is 16.8. The first-order valence-corrected chi connectivity index (χ1v) is 7.54. The molecule has 9 heteroatoms. The van der Waals surface area contributed by atoms with E-state index < -0.39 is 42.1 Å². The monoisotopic (exact) mass is 341 g/mol. The van der Waals surface area contributed by atoms with Crippen molar-refractivity contribution in [3.05, 3.63) is 11.8 Å². The van der Waals surface area contributed by atoms with Crippen LogP contribution in [0.3, 0.4) is 0 Å². The fraction of sp³-hybridized carbons (Fsp3) is 0.667. The number of carbonyl (C=O) groups excluding carboxylic acids is 1. The third-order valence-electron chi connectivity index (χ3n) is 4.42. The molecule has 0 amide bonds. The number of nitrogens with zero attached hydrogens (tertiary/aromatic N) is 1. The van der Waals surface area contributed by atoms with E-state index in [1.807, 2.05) is 0 Å². The zero-order chi connectivity index (χ0) is 17.5. The van der Waals surface area contributed by atoms with Crippen molar-refractivity contribution in [3.8, 4) is 0 Å². The van der Waals surface area contributed by atoms with Crippen LogP contribution in [0, 0.1) is 0 Å². The summed E-state index contributed by atoms with van der Waals surface area (Å²) in [5.74, 6) is -0.953. The number of cyclic esters (lactones) is 2. The molecule has 132 valence electrons. The van der Waals surface area contributed by atoms with Gasteiger partial charge in [-0.2, -0.15) is 0 Å². The number of fused-ring (bicyclic) bond motifs is 1. The van der Waals surface area contributed by atoms with Crippen LogP contribution in [0.15, 0.2) is 16.8 Å². The van der Waals surface area contributed by atoms with Crippen molar-refractivity contribution in [1.29, 1.82) is 0 Å². The van der Waals surface area contributed by atoms with Gasteiger partial charge in [0.2, 0.25) is 5.76 Å². The molecular formula is C15H19NO8. The number of ether oxygens (including phenoxy) is 5. The summed E-state index contributed by atoms with van der Waals surface area (Å²) in [6.07, 6.45) is -0.823. The van der Waals surface area contributed by atoms with Gasteiger partial charge in [-0.15, -0.1) is 0 Å². The van der Waals surface area contributed by atoms with E-state index in [0.29, 0.717) is 5.90 Å². The van der Waals surface area contributed by atoms with Gasteiger partial charge in [-0.05, 0) is 6.92 Å². The summed E-state index contributed by atoms with van der Waals surface area (Å²) in [4.78, 5) is 26.9. The lowest BCUT2D eigenvalue weighted by atomic mass is 9.84. The molecule has 0 aromatic carbocycles. The average Bonchev–Trinajstić information content (AvgIpc) is 3.10. The molecule has 1 N–H and O–H groups in total. The number of carboxylic acids is 1. The van der Waals surface area contributed by atoms with Crippen LogP contribution < -0.4 is 0 Å². The van der Waals surface area contributed by atoms with Crippen LogP contribution >= 0.6 is 0 Å². The first kappa shape index (κ1) is 16.6. The highest BCUT2D eigenvalue weighted by Crippen LogP contribution is 2.37. The number of carboxylic acid groups (broad SMARTS) is 1. The number of aliphatic imine (C=N–C) groups is 1. The minimum atomic E-state index is -1.19. The third kappa shape index (κ3) is 2.91. The Bertz CT molecular complexity index is 615. The van der Waals surface area contributed by atoms with Crippen molar-refractivity contribution in [2.24, 2.45) is 4.99 Å². The fourth-order valence-corrected chi connectivity index (χ4v) is 3.19. The minimum Gasteiger partial charge on any atom is -0.478 e. The lowest BCUT2D eigenvalue weighted by Crippen LogP contribution is -2.55. The van der Waals surface area contributed by atoms with Gasteiger partial charge < -0.3 is 28.8 Å². The average molecular weight is 341 g/mol. The second-order valence-electron chi connectivity index (χ2n) is 6.12. The first-order valence-electron chi connectivity index (χ1n) is 7.54. The molecule has 3 aliphatic heterocycles. The number of methoxy groups -OCH3 is 1. The molecule has 0 bridgehead atoms. The predicted octanol–water partition coefficient (Wildman–Crippen LogP) is 0.870. The van der Waals surface area contributed by atoms with E-state index in [1.165, 1.54) is 13.2 Å². The Balaban J connectivity index is 1.87. The summed E-state index contributed by atoms with van der Waals surface area (Å²) < 4.78 is 26.7. The number of hydrogen-bond acceptors (Lipinski definition) is 8. The summed E-state index contributed by atoms with van der Waals surface area (Å²) in [6.45, 7) is 3.56. The molecule has 3 aliphatic rings. The van der Waals surface area contributed by atoms with Crippen LogP contribution in [0.25, 0.3) is 0 Å². The van der Waals surface area contributed by atoms with Crippen molar-refractivity contribution in [3.63, 3.8) is 0 Å². The summed E-state index contributed by atoms with van der Waals surface area (Å²) in [5, 5.41) is 9.28. The molecule has 1 saturated heterocycles. The highest BCUT2D eigenvalue weighted by Gasteiger charge is 2.52. The van der Waals surface area contributed by atoms with Crippen LogP contribution in [-0.2, 0) is 28.5 Å². The van der Waals surface area contributed by atoms with Crippen LogP contribution in [0.4, 0.5) is 4.79 Å². The molecule has 0 unspecified atom stereocenters. The molecule has 3 heterocycles. The van der Waals surface area contributed by atoms with Gasteiger partial charge in [0, 0.05) is 26.5 Å². The molecule has 1 fully saturated rings. The van der Waals surface area contributed by atoms with Crippen LogP contribution in [0.5, 0.6) is 0 Å². The molecule has 0 radical (unpaired) electrons. The van der Waals surface area contributed by atoms with E-state index in [0.717, 1.165) is 0 Å². The fourth-order valence-electron chi connectivity index (χ4n) is 3.19. The maximum absolute atomic E-state index is 11.4. The molecule has 3 rings (SSSR count). The van der Waals surface area contributed by atoms with E-state index in [2.05, 4.69) is 4.99 Å². The van der Waals surface area contributed by atoms with Gasteiger partial charge in [0.1, 0.15) is 30.5 Å². The first-order chi connectivity index (χ1) is 11.3. The van der Waals surface area contributed by atoms with Crippen molar-refractivity contribution < 1.29 is 38.4 Å².